The Balaban J connectivity index is 0.00000450. The summed E-state index contributed by atoms with van der Waals surface area (Å²) >= 11 is 0. The van der Waals surface area contributed by atoms with Crippen LogP contribution < -0.4 is 15.0 Å². The summed E-state index contributed by atoms with van der Waals surface area (Å²) in [6, 6.07) is 15.0. The Morgan fingerprint density at radius 2 is 1.83 bits per heavy atom. The Bertz CT molecular complexity index is 780. The fourth-order valence-electron chi connectivity index (χ4n) is 3.50. The lowest BCUT2D eigenvalue weighted by atomic mass is 9.99. The summed E-state index contributed by atoms with van der Waals surface area (Å²) in [5, 5.41) is 3.63. The molecule has 1 atom stereocenters. The average molecular weight is 433 g/mol. The standard InChI is InChI=1S/C25H36N2O2.ClH/c1-6-27(5)23-17-22(18-24(29-7-2)25(23)20(4)28)19(3)26-16-12-11-15-21-13-9-8-10-14-21;/h8-10,13-14,17-19,26H,6-7,11-12,15-16H2,1-5H3;1H. The zero-order valence-corrected chi connectivity index (χ0v) is 19.8. The van der Waals surface area contributed by atoms with Crippen molar-refractivity contribution in [2.24, 2.45) is 0 Å². The van der Waals surface area contributed by atoms with Crippen LogP contribution in [0.2, 0.25) is 0 Å². The molecule has 30 heavy (non-hydrogen) atoms. The number of ketones is 1. The van der Waals surface area contributed by atoms with E-state index in [1.165, 1.54) is 12.0 Å². The second-order valence-corrected chi connectivity index (χ2v) is 7.54. The molecule has 0 aliphatic carbocycles. The van der Waals surface area contributed by atoms with Crippen LogP contribution in [-0.4, -0.2) is 32.5 Å². The average Bonchev–Trinajstić information content (AvgIpc) is 2.73. The first-order valence-electron chi connectivity index (χ1n) is 10.8. The summed E-state index contributed by atoms with van der Waals surface area (Å²) in [7, 11) is 2.02. The Hall–Kier alpha value is -2.04. The first kappa shape index (κ1) is 26.0. The molecule has 5 heteroatoms. The maximum Gasteiger partial charge on any atom is 0.165 e. The van der Waals surface area contributed by atoms with E-state index in [0.29, 0.717) is 17.9 Å². The van der Waals surface area contributed by atoms with Gasteiger partial charge in [-0.15, -0.1) is 12.4 Å². The number of nitrogens with one attached hydrogen (secondary N) is 1. The molecule has 0 heterocycles. The van der Waals surface area contributed by atoms with Crippen molar-refractivity contribution in [2.75, 3.05) is 31.6 Å². The minimum Gasteiger partial charge on any atom is -0.493 e. The summed E-state index contributed by atoms with van der Waals surface area (Å²) in [6.45, 7) is 10.2. The third kappa shape index (κ3) is 7.33. The highest BCUT2D eigenvalue weighted by Crippen LogP contribution is 2.34. The normalized spacial score (nSPS) is 11.5. The van der Waals surface area contributed by atoms with Gasteiger partial charge in [0.15, 0.2) is 5.78 Å². The van der Waals surface area contributed by atoms with Gasteiger partial charge in [0.25, 0.3) is 0 Å². The number of hydrogen-bond donors (Lipinski definition) is 1. The molecule has 0 saturated heterocycles. The number of rotatable bonds is 12. The van der Waals surface area contributed by atoms with Crippen molar-refractivity contribution in [3.8, 4) is 5.75 Å². The molecule has 0 aliphatic heterocycles. The van der Waals surface area contributed by atoms with Gasteiger partial charge in [-0.3, -0.25) is 4.79 Å². The number of nitrogens with zero attached hydrogens (tertiary/aromatic N) is 1. The van der Waals surface area contributed by atoms with Crippen molar-refractivity contribution in [1.82, 2.24) is 5.32 Å². The number of halogens is 1. The Morgan fingerprint density at radius 3 is 2.43 bits per heavy atom. The van der Waals surface area contributed by atoms with Gasteiger partial charge >= 0.3 is 0 Å². The Kier molecular flexibility index (Phi) is 11.5. The van der Waals surface area contributed by atoms with Crippen molar-refractivity contribution in [2.45, 2.75) is 53.0 Å². The van der Waals surface area contributed by atoms with Gasteiger partial charge < -0.3 is 15.0 Å². The van der Waals surface area contributed by atoms with Crippen LogP contribution in [0, 0.1) is 0 Å². The van der Waals surface area contributed by atoms with Gasteiger partial charge in [0.2, 0.25) is 0 Å². The number of carbonyl (C=O) groups is 1. The van der Waals surface area contributed by atoms with Crippen LogP contribution in [-0.2, 0) is 6.42 Å². The molecule has 2 aromatic rings. The topological polar surface area (TPSA) is 41.6 Å². The molecule has 166 valence electrons. The molecule has 0 radical (unpaired) electrons. The first-order chi connectivity index (χ1) is 14.0. The van der Waals surface area contributed by atoms with E-state index in [1.807, 2.05) is 20.0 Å². The molecule has 0 fully saturated rings. The molecule has 0 saturated carbocycles. The molecular formula is C25H37ClN2O2. The van der Waals surface area contributed by atoms with E-state index in [9.17, 15) is 4.79 Å². The molecule has 0 aliphatic rings. The number of ether oxygens (including phenoxy) is 1. The van der Waals surface area contributed by atoms with Crippen LogP contribution in [0.15, 0.2) is 42.5 Å². The van der Waals surface area contributed by atoms with E-state index in [-0.39, 0.29) is 24.2 Å². The Labute approximate surface area is 188 Å². The van der Waals surface area contributed by atoms with Gasteiger partial charge in [-0.2, -0.15) is 0 Å². The zero-order valence-electron chi connectivity index (χ0n) is 19.0. The van der Waals surface area contributed by atoms with Crippen LogP contribution in [0.1, 0.15) is 68.1 Å². The molecule has 1 unspecified atom stereocenters. The van der Waals surface area contributed by atoms with E-state index in [1.54, 1.807) is 6.92 Å². The van der Waals surface area contributed by atoms with Crippen molar-refractivity contribution in [1.29, 1.82) is 0 Å². The number of Topliss-reactive ketones (excluding diaryl/α,β-unsaturated/α-hetero) is 1. The van der Waals surface area contributed by atoms with Gasteiger partial charge in [-0.25, -0.2) is 0 Å². The van der Waals surface area contributed by atoms with Gasteiger partial charge in [-0.1, -0.05) is 30.3 Å². The summed E-state index contributed by atoms with van der Waals surface area (Å²) < 4.78 is 5.84. The fourth-order valence-corrected chi connectivity index (χ4v) is 3.50. The predicted molar refractivity (Wildman–Crippen MR) is 130 cm³/mol. The second-order valence-electron chi connectivity index (χ2n) is 7.54. The third-order valence-electron chi connectivity index (χ3n) is 5.33. The van der Waals surface area contributed by atoms with E-state index in [2.05, 4.69) is 60.5 Å². The van der Waals surface area contributed by atoms with Crippen molar-refractivity contribution in [3.05, 3.63) is 59.2 Å². The summed E-state index contributed by atoms with van der Waals surface area (Å²) in [4.78, 5) is 14.4. The lowest BCUT2D eigenvalue weighted by Gasteiger charge is -2.25. The minimum atomic E-state index is 0. The van der Waals surface area contributed by atoms with Gasteiger partial charge in [0, 0.05) is 19.6 Å². The number of benzene rings is 2. The van der Waals surface area contributed by atoms with E-state index < -0.39 is 0 Å². The van der Waals surface area contributed by atoms with Crippen LogP contribution in [0.4, 0.5) is 5.69 Å². The fraction of sp³-hybridized carbons (Fsp3) is 0.480. The molecule has 0 aromatic heterocycles. The van der Waals surface area contributed by atoms with Crippen LogP contribution in [0.3, 0.4) is 0 Å². The molecule has 4 nitrogen and oxygen atoms in total. The second kappa shape index (κ2) is 13.3. The number of carbonyl (C=O) groups excluding carboxylic acids is 1. The maximum absolute atomic E-state index is 12.3. The quantitative estimate of drug-likeness (QED) is 0.338. The number of unbranched alkanes of at least 4 members (excludes halogenated alkanes) is 1. The molecule has 1 N–H and O–H groups in total. The van der Waals surface area contributed by atoms with Crippen molar-refractivity contribution < 1.29 is 9.53 Å². The van der Waals surface area contributed by atoms with E-state index in [4.69, 9.17) is 4.74 Å². The first-order valence-corrected chi connectivity index (χ1v) is 10.8. The molecule has 2 aromatic carbocycles. The number of anilines is 1. The molecular weight excluding hydrogens is 396 g/mol. The highest BCUT2D eigenvalue weighted by atomic mass is 35.5. The Morgan fingerprint density at radius 1 is 1.13 bits per heavy atom. The van der Waals surface area contributed by atoms with Crippen molar-refractivity contribution in [3.63, 3.8) is 0 Å². The van der Waals surface area contributed by atoms with E-state index >= 15 is 0 Å². The van der Waals surface area contributed by atoms with Crippen LogP contribution in [0.25, 0.3) is 0 Å². The zero-order chi connectivity index (χ0) is 21.2. The minimum absolute atomic E-state index is 0. The van der Waals surface area contributed by atoms with Gasteiger partial charge in [-0.05, 0) is 76.8 Å². The number of aryl methyl sites for hydroxylation is 1. The van der Waals surface area contributed by atoms with Gasteiger partial charge in [0.05, 0.1) is 17.9 Å². The SMILES string of the molecule is CCOc1cc(C(C)NCCCCc2ccccc2)cc(N(C)CC)c1C(C)=O.Cl. The molecule has 2 rings (SSSR count). The smallest absolute Gasteiger partial charge is 0.165 e. The predicted octanol–water partition coefficient (Wildman–Crippen LogP) is 5.84. The lowest BCUT2D eigenvalue weighted by Crippen LogP contribution is -2.23. The summed E-state index contributed by atoms with van der Waals surface area (Å²) in [5.41, 5.74) is 4.17. The lowest BCUT2D eigenvalue weighted by molar-refractivity contribution is 0.101. The van der Waals surface area contributed by atoms with Crippen molar-refractivity contribution >= 4 is 23.9 Å². The number of hydrogen-bond acceptors (Lipinski definition) is 4. The third-order valence-corrected chi connectivity index (χ3v) is 5.33. The maximum atomic E-state index is 12.3. The molecule has 0 amide bonds. The highest BCUT2D eigenvalue weighted by Gasteiger charge is 2.20. The van der Waals surface area contributed by atoms with E-state index in [0.717, 1.165) is 37.2 Å². The van der Waals surface area contributed by atoms with Crippen LogP contribution >= 0.6 is 12.4 Å². The summed E-state index contributed by atoms with van der Waals surface area (Å²) in [6.07, 6.45) is 3.41. The van der Waals surface area contributed by atoms with Gasteiger partial charge in [0.1, 0.15) is 5.75 Å². The van der Waals surface area contributed by atoms with Crippen LogP contribution in [0.5, 0.6) is 5.75 Å². The summed E-state index contributed by atoms with van der Waals surface area (Å²) in [5.74, 6) is 0.724. The monoisotopic (exact) mass is 432 g/mol. The molecule has 0 bridgehead atoms. The largest absolute Gasteiger partial charge is 0.493 e. The molecule has 0 spiro atoms. The highest BCUT2D eigenvalue weighted by molar-refractivity contribution is 6.02.